The van der Waals surface area contributed by atoms with Gasteiger partial charge in [-0.25, -0.2) is 4.98 Å². The zero-order valence-electron chi connectivity index (χ0n) is 15.1. The van der Waals surface area contributed by atoms with Gasteiger partial charge in [0.25, 0.3) is 0 Å². The zero-order valence-corrected chi connectivity index (χ0v) is 15.9. The second-order valence-electron chi connectivity index (χ2n) is 5.59. The molecule has 0 saturated carbocycles. The summed E-state index contributed by atoms with van der Waals surface area (Å²) >= 11 is 1.57. The third kappa shape index (κ3) is 4.96. The van der Waals surface area contributed by atoms with E-state index < -0.39 is 0 Å². The first-order valence-electron chi connectivity index (χ1n) is 8.36. The number of benzene rings is 2. The van der Waals surface area contributed by atoms with Gasteiger partial charge in [0, 0.05) is 28.9 Å². The molecule has 140 valence electrons. The lowest BCUT2D eigenvalue weighted by Gasteiger charge is -2.08. The van der Waals surface area contributed by atoms with E-state index in [9.17, 15) is 4.79 Å². The van der Waals surface area contributed by atoms with Gasteiger partial charge < -0.3 is 14.8 Å². The summed E-state index contributed by atoms with van der Waals surface area (Å²) in [6.45, 7) is -0.0602. The third-order valence-electron chi connectivity index (χ3n) is 3.74. The summed E-state index contributed by atoms with van der Waals surface area (Å²) in [6, 6.07) is 14.6. The molecule has 0 radical (unpaired) electrons. The zero-order chi connectivity index (χ0) is 19.8. The number of thiazole rings is 1. The first kappa shape index (κ1) is 19.1. The van der Waals surface area contributed by atoms with Crippen molar-refractivity contribution in [2.45, 2.75) is 0 Å². The molecule has 7 heteroatoms. The molecular formula is C21H17N3O3S. The molecule has 0 aliphatic rings. The van der Waals surface area contributed by atoms with Crippen molar-refractivity contribution < 1.29 is 14.3 Å². The summed E-state index contributed by atoms with van der Waals surface area (Å²) in [7, 11) is 1.52. The second-order valence-corrected chi connectivity index (χ2v) is 6.49. The first-order valence-corrected chi connectivity index (χ1v) is 9.24. The molecule has 0 bridgehead atoms. The number of amides is 1. The number of nitrogens with one attached hydrogen (secondary N) is 1. The molecule has 3 aromatic rings. The standard InChI is InChI=1S/C21H17N3O3S/c1-26-19-14-15(2-8-18(19)27-12-10-22)3-9-20(25)24-17-6-4-16(5-7-17)21-23-11-13-28-21/h2-9,11,13-14H,12H2,1H3,(H,24,25)/b9-3+. The van der Waals surface area contributed by atoms with Crippen LogP contribution in [0, 0.1) is 11.3 Å². The molecule has 1 amide bonds. The Morgan fingerprint density at radius 2 is 2.07 bits per heavy atom. The molecule has 0 aliphatic carbocycles. The van der Waals surface area contributed by atoms with E-state index in [-0.39, 0.29) is 12.5 Å². The van der Waals surface area contributed by atoms with E-state index in [0.717, 1.165) is 16.1 Å². The SMILES string of the molecule is COc1cc(/C=C/C(=O)Nc2ccc(-c3nccs3)cc2)ccc1OCC#N. The number of anilines is 1. The molecule has 2 aromatic carbocycles. The fraction of sp³-hybridized carbons (Fsp3) is 0.0952. The van der Waals surface area contributed by atoms with Crippen LogP contribution in [0.25, 0.3) is 16.6 Å². The quantitative estimate of drug-likeness (QED) is 0.605. The summed E-state index contributed by atoms with van der Waals surface area (Å²) in [5.74, 6) is 0.729. The fourth-order valence-corrected chi connectivity index (χ4v) is 3.08. The molecule has 1 N–H and O–H groups in total. The maximum atomic E-state index is 12.2. The Hall–Kier alpha value is -3.63. The van der Waals surface area contributed by atoms with E-state index in [1.54, 1.807) is 41.8 Å². The molecule has 0 fully saturated rings. The number of carbonyl (C=O) groups is 1. The molecular weight excluding hydrogens is 374 g/mol. The number of aromatic nitrogens is 1. The summed E-state index contributed by atoms with van der Waals surface area (Å²) in [6.07, 6.45) is 4.88. The van der Waals surface area contributed by atoms with Crippen LogP contribution < -0.4 is 14.8 Å². The van der Waals surface area contributed by atoms with Crippen LogP contribution in [0.4, 0.5) is 5.69 Å². The molecule has 28 heavy (non-hydrogen) atoms. The van der Waals surface area contributed by atoms with E-state index in [4.69, 9.17) is 14.7 Å². The molecule has 0 aliphatic heterocycles. The second kappa shape index (κ2) is 9.35. The highest BCUT2D eigenvalue weighted by atomic mass is 32.1. The lowest BCUT2D eigenvalue weighted by molar-refractivity contribution is -0.111. The van der Waals surface area contributed by atoms with Gasteiger partial charge in [-0.1, -0.05) is 6.07 Å². The molecule has 3 rings (SSSR count). The van der Waals surface area contributed by atoms with Gasteiger partial charge in [-0.15, -0.1) is 11.3 Å². The van der Waals surface area contributed by atoms with Crippen molar-refractivity contribution in [1.29, 1.82) is 5.26 Å². The van der Waals surface area contributed by atoms with Crippen molar-refractivity contribution in [3.8, 4) is 28.1 Å². The Labute approximate surface area is 166 Å². The van der Waals surface area contributed by atoms with E-state index in [1.807, 2.05) is 35.7 Å². The Morgan fingerprint density at radius 3 is 2.75 bits per heavy atom. The van der Waals surface area contributed by atoms with Gasteiger partial charge in [0.15, 0.2) is 18.1 Å². The topological polar surface area (TPSA) is 84.2 Å². The van der Waals surface area contributed by atoms with Gasteiger partial charge in [0.05, 0.1) is 7.11 Å². The number of carbonyl (C=O) groups excluding carboxylic acids is 1. The minimum Gasteiger partial charge on any atom is -0.493 e. The van der Waals surface area contributed by atoms with Gasteiger partial charge in [-0.2, -0.15) is 5.26 Å². The van der Waals surface area contributed by atoms with E-state index in [2.05, 4.69) is 10.3 Å². The van der Waals surface area contributed by atoms with Gasteiger partial charge in [-0.05, 0) is 48.0 Å². The van der Waals surface area contributed by atoms with Crippen LogP contribution in [-0.2, 0) is 4.79 Å². The average molecular weight is 391 g/mol. The van der Waals surface area contributed by atoms with Crippen LogP contribution in [0.5, 0.6) is 11.5 Å². The minimum absolute atomic E-state index is 0.0602. The molecule has 0 saturated heterocycles. The van der Waals surface area contributed by atoms with Crippen molar-refractivity contribution in [3.05, 3.63) is 65.7 Å². The lowest BCUT2D eigenvalue weighted by Crippen LogP contribution is -2.07. The number of methoxy groups -OCH3 is 1. The smallest absolute Gasteiger partial charge is 0.248 e. The highest BCUT2D eigenvalue weighted by Gasteiger charge is 2.05. The molecule has 6 nitrogen and oxygen atoms in total. The van der Waals surface area contributed by atoms with E-state index >= 15 is 0 Å². The monoisotopic (exact) mass is 391 g/mol. The predicted molar refractivity (Wildman–Crippen MR) is 109 cm³/mol. The van der Waals surface area contributed by atoms with Crippen LogP contribution in [0.3, 0.4) is 0 Å². The van der Waals surface area contributed by atoms with Crippen molar-refractivity contribution in [3.63, 3.8) is 0 Å². The summed E-state index contributed by atoms with van der Waals surface area (Å²) in [5, 5.41) is 14.3. The van der Waals surface area contributed by atoms with E-state index in [1.165, 1.54) is 13.2 Å². The Balaban J connectivity index is 1.62. The number of ether oxygens (including phenoxy) is 2. The summed E-state index contributed by atoms with van der Waals surface area (Å²) < 4.78 is 10.5. The molecule has 1 heterocycles. The average Bonchev–Trinajstić information content (AvgIpc) is 3.26. The van der Waals surface area contributed by atoms with Gasteiger partial charge >= 0.3 is 0 Å². The largest absolute Gasteiger partial charge is 0.493 e. The number of nitriles is 1. The highest BCUT2D eigenvalue weighted by Crippen LogP contribution is 2.28. The highest BCUT2D eigenvalue weighted by molar-refractivity contribution is 7.13. The van der Waals surface area contributed by atoms with E-state index in [0.29, 0.717) is 17.2 Å². The lowest BCUT2D eigenvalue weighted by atomic mass is 10.2. The number of nitrogens with zero attached hydrogens (tertiary/aromatic N) is 2. The number of hydrogen-bond acceptors (Lipinski definition) is 6. The van der Waals surface area contributed by atoms with Gasteiger partial charge in [0.1, 0.15) is 11.1 Å². The Kier molecular flexibility index (Phi) is 6.39. The van der Waals surface area contributed by atoms with Crippen LogP contribution in [0.15, 0.2) is 60.1 Å². The fourth-order valence-electron chi connectivity index (χ4n) is 2.44. The maximum absolute atomic E-state index is 12.2. The number of hydrogen-bond donors (Lipinski definition) is 1. The summed E-state index contributed by atoms with van der Waals surface area (Å²) in [5.41, 5.74) is 2.48. The third-order valence-corrected chi connectivity index (χ3v) is 4.56. The van der Waals surface area contributed by atoms with Gasteiger partial charge in [-0.3, -0.25) is 4.79 Å². The van der Waals surface area contributed by atoms with Crippen molar-refractivity contribution in [2.24, 2.45) is 0 Å². The van der Waals surface area contributed by atoms with Crippen molar-refractivity contribution in [1.82, 2.24) is 4.98 Å². The van der Waals surface area contributed by atoms with Crippen molar-refractivity contribution >= 4 is 29.0 Å². The normalized spacial score (nSPS) is 10.4. The molecule has 0 unspecified atom stereocenters. The maximum Gasteiger partial charge on any atom is 0.248 e. The minimum atomic E-state index is -0.245. The van der Waals surface area contributed by atoms with Crippen molar-refractivity contribution in [2.75, 3.05) is 19.0 Å². The van der Waals surface area contributed by atoms with Crippen LogP contribution >= 0.6 is 11.3 Å². The molecule has 0 atom stereocenters. The molecule has 0 spiro atoms. The number of rotatable bonds is 7. The Morgan fingerprint density at radius 1 is 1.25 bits per heavy atom. The molecule has 1 aromatic heterocycles. The van der Waals surface area contributed by atoms with Gasteiger partial charge in [0.2, 0.25) is 5.91 Å². The first-order chi connectivity index (χ1) is 13.7. The van der Waals surface area contributed by atoms with Crippen LogP contribution in [-0.4, -0.2) is 24.6 Å². The van der Waals surface area contributed by atoms with Crippen LogP contribution in [0.2, 0.25) is 0 Å². The van der Waals surface area contributed by atoms with Crippen LogP contribution in [0.1, 0.15) is 5.56 Å². The predicted octanol–water partition coefficient (Wildman–Crippen LogP) is 4.37. The summed E-state index contributed by atoms with van der Waals surface area (Å²) in [4.78, 5) is 16.4. The Bertz CT molecular complexity index is 1010.